The Balaban J connectivity index is 0.000000591. The summed E-state index contributed by atoms with van der Waals surface area (Å²) in [5.74, 6) is -1.44. The molecule has 1 aromatic rings. The number of pyridine rings is 1. The number of hydrogen-bond donors (Lipinski definition) is 2. The van der Waals surface area contributed by atoms with Gasteiger partial charge < -0.3 is 20.0 Å². The first-order chi connectivity index (χ1) is 15.2. The van der Waals surface area contributed by atoms with Crippen molar-refractivity contribution in [2.24, 2.45) is 5.92 Å². The van der Waals surface area contributed by atoms with Crippen molar-refractivity contribution in [3.05, 3.63) is 30.1 Å². The molecule has 2 fully saturated rings. The Morgan fingerprint density at radius 2 is 1.58 bits per heavy atom. The molecule has 3 heterocycles. The Labute approximate surface area is 194 Å². The minimum absolute atomic E-state index is 0.00124. The molecule has 2 saturated heterocycles. The first-order valence-electron chi connectivity index (χ1n) is 10.4. The number of amides is 1. The van der Waals surface area contributed by atoms with Gasteiger partial charge in [-0.1, -0.05) is 0 Å². The van der Waals surface area contributed by atoms with Crippen LogP contribution in [-0.4, -0.2) is 114 Å². The summed E-state index contributed by atoms with van der Waals surface area (Å²) in [4.78, 5) is 40.3. The lowest BCUT2D eigenvalue weighted by Crippen LogP contribution is -2.41. The number of carboxylic acids is 2. The molecule has 2 aliphatic rings. The topological polar surface area (TPSA) is 148 Å². The van der Waals surface area contributed by atoms with Crippen molar-refractivity contribution in [2.45, 2.75) is 31.7 Å². The van der Waals surface area contributed by atoms with Gasteiger partial charge in [0.15, 0.2) is 9.84 Å². The van der Waals surface area contributed by atoms with Crippen LogP contribution in [0.5, 0.6) is 0 Å². The van der Waals surface area contributed by atoms with Gasteiger partial charge in [0.05, 0.1) is 17.5 Å². The zero-order valence-corrected chi connectivity index (χ0v) is 20.5. The second-order valence-corrected chi connectivity index (χ2v) is 10.7. The lowest BCUT2D eigenvalue weighted by atomic mass is 10.00. The number of carboxylic acid groups (broad SMARTS) is 2. The Bertz CT molecular complexity index is 888. The summed E-state index contributed by atoms with van der Waals surface area (Å²) in [6.45, 7) is 3.98. The predicted octanol–water partition coefficient (Wildman–Crippen LogP) is -0.119. The maximum absolute atomic E-state index is 12.6. The SMILES string of the molecule is CC(=O)O.CC(=O)O.CN(CC(=O)N1C[C@H]2[C@H](N(C)C)CS(=O)(=O)[C@H]2C1)Cc1ccncc1. The number of likely N-dealkylation sites (tertiary alicyclic amines) is 1. The lowest BCUT2D eigenvalue weighted by Gasteiger charge is -2.26. The monoisotopic (exact) mass is 486 g/mol. The number of carbonyl (C=O) groups is 3. The molecule has 3 rings (SSSR count). The van der Waals surface area contributed by atoms with Gasteiger partial charge in [0.25, 0.3) is 11.9 Å². The minimum atomic E-state index is -3.12. The van der Waals surface area contributed by atoms with E-state index in [1.807, 2.05) is 43.1 Å². The summed E-state index contributed by atoms with van der Waals surface area (Å²) < 4.78 is 24.8. The summed E-state index contributed by atoms with van der Waals surface area (Å²) in [5, 5.41) is 14.4. The van der Waals surface area contributed by atoms with Crippen LogP contribution >= 0.6 is 0 Å². The van der Waals surface area contributed by atoms with Crippen LogP contribution in [0.2, 0.25) is 0 Å². The van der Waals surface area contributed by atoms with E-state index in [-0.39, 0.29) is 30.2 Å². The van der Waals surface area contributed by atoms with Crippen LogP contribution in [0.4, 0.5) is 0 Å². The zero-order valence-electron chi connectivity index (χ0n) is 19.7. The Kier molecular flexibility index (Phi) is 10.9. The predicted molar refractivity (Wildman–Crippen MR) is 122 cm³/mol. The van der Waals surface area contributed by atoms with E-state index in [1.165, 1.54) is 0 Å². The maximum Gasteiger partial charge on any atom is 0.300 e. The largest absolute Gasteiger partial charge is 0.481 e. The van der Waals surface area contributed by atoms with Gasteiger partial charge in [0.1, 0.15) is 0 Å². The number of hydrogen-bond acceptors (Lipinski definition) is 8. The molecule has 0 aromatic carbocycles. The van der Waals surface area contributed by atoms with Crippen molar-refractivity contribution in [2.75, 3.05) is 46.5 Å². The van der Waals surface area contributed by atoms with E-state index in [1.54, 1.807) is 17.3 Å². The van der Waals surface area contributed by atoms with Crippen LogP contribution in [-0.2, 0) is 30.8 Å². The fourth-order valence-corrected chi connectivity index (χ4v) is 6.43. The van der Waals surface area contributed by atoms with E-state index in [0.717, 1.165) is 19.4 Å². The van der Waals surface area contributed by atoms with Crippen LogP contribution in [0.15, 0.2) is 24.5 Å². The number of aromatic nitrogens is 1. The normalized spacial score (nSPS) is 22.6. The van der Waals surface area contributed by atoms with Gasteiger partial charge in [0, 0.05) is 57.8 Å². The molecular formula is C21H34N4O7S. The van der Waals surface area contributed by atoms with Crippen molar-refractivity contribution in [1.82, 2.24) is 19.7 Å². The van der Waals surface area contributed by atoms with Gasteiger partial charge in [-0.15, -0.1) is 0 Å². The molecule has 3 atom stereocenters. The summed E-state index contributed by atoms with van der Waals surface area (Å²) in [7, 11) is 2.60. The van der Waals surface area contributed by atoms with Crippen LogP contribution in [0.1, 0.15) is 19.4 Å². The summed E-state index contributed by atoms with van der Waals surface area (Å²) >= 11 is 0. The average Bonchev–Trinajstić information content (AvgIpc) is 3.21. The van der Waals surface area contributed by atoms with Crippen molar-refractivity contribution >= 4 is 27.7 Å². The van der Waals surface area contributed by atoms with E-state index in [2.05, 4.69) is 4.98 Å². The molecule has 186 valence electrons. The van der Waals surface area contributed by atoms with Gasteiger partial charge in [-0.2, -0.15) is 0 Å². The van der Waals surface area contributed by atoms with Crippen molar-refractivity contribution in [3.63, 3.8) is 0 Å². The number of rotatable bonds is 5. The summed E-state index contributed by atoms with van der Waals surface area (Å²) in [6.07, 6.45) is 3.47. The third kappa shape index (κ3) is 9.44. The van der Waals surface area contributed by atoms with E-state index in [0.29, 0.717) is 19.6 Å². The standard InChI is InChI=1S/C17H26N4O3S.2C2H4O2/c1-19(2)15-12-25(23,24)16-10-21(9-14(15)16)17(22)11-20(3)8-13-4-6-18-7-5-13;2*1-2(3)4/h4-7,14-16H,8-12H2,1-3H3;2*1H3,(H,3,4)/t14-,15+,16-;;/m0../s1. The number of fused-ring (bicyclic) bond motifs is 1. The first kappa shape index (κ1) is 28.5. The first-order valence-corrected chi connectivity index (χ1v) is 12.1. The Hall–Kier alpha value is -2.57. The number of aliphatic carboxylic acids is 2. The molecule has 0 bridgehead atoms. The van der Waals surface area contributed by atoms with Crippen LogP contribution < -0.4 is 0 Å². The fraction of sp³-hybridized carbons (Fsp3) is 0.619. The van der Waals surface area contributed by atoms with Gasteiger partial charge >= 0.3 is 0 Å². The highest BCUT2D eigenvalue weighted by Gasteiger charge is 2.53. The highest BCUT2D eigenvalue weighted by Crippen LogP contribution is 2.35. The van der Waals surface area contributed by atoms with Crippen LogP contribution in [0.3, 0.4) is 0 Å². The highest BCUT2D eigenvalue weighted by molar-refractivity contribution is 7.92. The quantitative estimate of drug-likeness (QED) is 0.577. The van der Waals surface area contributed by atoms with Crippen molar-refractivity contribution < 1.29 is 33.0 Å². The molecule has 11 nitrogen and oxygen atoms in total. The second-order valence-electron chi connectivity index (χ2n) is 8.43. The number of carbonyl (C=O) groups excluding carboxylic acids is 1. The molecule has 0 spiro atoms. The van der Waals surface area contributed by atoms with Gasteiger partial charge in [-0.05, 0) is 38.8 Å². The smallest absolute Gasteiger partial charge is 0.300 e. The average molecular weight is 487 g/mol. The fourth-order valence-electron chi connectivity index (χ4n) is 3.96. The number of sulfone groups is 1. The zero-order chi connectivity index (χ0) is 25.3. The van der Waals surface area contributed by atoms with Gasteiger partial charge in [0.2, 0.25) is 5.91 Å². The molecule has 0 radical (unpaired) electrons. The van der Waals surface area contributed by atoms with Gasteiger partial charge in [-0.3, -0.25) is 24.3 Å². The Morgan fingerprint density at radius 1 is 1.06 bits per heavy atom. The van der Waals surface area contributed by atoms with Crippen molar-refractivity contribution in [3.8, 4) is 0 Å². The molecule has 2 N–H and O–H groups in total. The summed E-state index contributed by atoms with van der Waals surface area (Å²) in [6, 6.07) is 3.85. The minimum Gasteiger partial charge on any atom is -0.481 e. The molecule has 0 saturated carbocycles. The maximum atomic E-state index is 12.6. The molecule has 0 aliphatic carbocycles. The molecule has 2 aliphatic heterocycles. The number of nitrogens with zero attached hydrogens (tertiary/aromatic N) is 4. The van der Waals surface area contributed by atoms with Crippen LogP contribution in [0.25, 0.3) is 0 Å². The van der Waals surface area contributed by atoms with E-state index in [9.17, 15) is 13.2 Å². The van der Waals surface area contributed by atoms with Crippen molar-refractivity contribution in [1.29, 1.82) is 0 Å². The molecular weight excluding hydrogens is 452 g/mol. The molecule has 1 aromatic heterocycles. The van der Waals surface area contributed by atoms with Gasteiger partial charge in [-0.25, -0.2) is 8.42 Å². The molecule has 1 amide bonds. The number of likely N-dealkylation sites (N-methyl/N-ethyl adjacent to an activating group) is 1. The lowest BCUT2D eigenvalue weighted by molar-refractivity contribution is -0.135. The third-order valence-electron chi connectivity index (χ3n) is 5.29. The second kappa shape index (κ2) is 12.6. The van der Waals surface area contributed by atoms with E-state index in [4.69, 9.17) is 19.8 Å². The third-order valence-corrected chi connectivity index (χ3v) is 7.52. The molecule has 12 heteroatoms. The van der Waals surface area contributed by atoms with E-state index >= 15 is 0 Å². The van der Waals surface area contributed by atoms with E-state index < -0.39 is 27.0 Å². The molecule has 33 heavy (non-hydrogen) atoms. The summed E-state index contributed by atoms with van der Waals surface area (Å²) in [5.41, 5.74) is 1.10. The highest BCUT2D eigenvalue weighted by atomic mass is 32.2. The Morgan fingerprint density at radius 3 is 2.06 bits per heavy atom. The van der Waals surface area contributed by atoms with Crippen LogP contribution in [0, 0.1) is 5.92 Å². The molecule has 0 unspecified atom stereocenters.